The lowest BCUT2D eigenvalue weighted by molar-refractivity contribution is 0.281. The molecule has 1 rings (SSSR count). The molecule has 2 N–H and O–H groups in total. The molecule has 6 heteroatoms. The minimum absolute atomic E-state index is 0.271. The first-order valence-corrected chi connectivity index (χ1v) is 8.20. The first-order chi connectivity index (χ1) is 9.30. The molecule has 2 unspecified atom stereocenters. The Labute approximate surface area is 120 Å². The summed E-state index contributed by atoms with van der Waals surface area (Å²) in [6, 6.07) is 3.30. The van der Waals surface area contributed by atoms with Gasteiger partial charge in [0.2, 0.25) is 10.0 Å². The highest BCUT2D eigenvalue weighted by Crippen LogP contribution is 2.18. The lowest BCUT2D eigenvalue weighted by Gasteiger charge is -2.18. The van der Waals surface area contributed by atoms with E-state index in [1.54, 1.807) is 6.92 Å². The maximum absolute atomic E-state index is 13.7. The van der Waals surface area contributed by atoms with E-state index in [1.807, 2.05) is 13.8 Å². The first kappa shape index (κ1) is 17.1. The van der Waals surface area contributed by atoms with Crippen molar-refractivity contribution >= 4 is 10.0 Å². The predicted octanol–water partition coefficient (Wildman–Crippen LogP) is 2.42. The quantitative estimate of drug-likeness (QED) is 0.813. The van der Waals surface area contributed by atoms with Crippen molar-refractivity contribution < 1.29 is 17.9 Å². The third-order valence-corrected chi connectivity index (χ3v) is 4.88. The van der Waals surface area contributed by atoms with Crippen molar-refractivity contribution in [1.82, 2.24) is 4.72 Å². The van der Waals surface area contributed by atoms with Crippen LogP contribution in [0, 0.1) is 11.7 Å². The molecule has 0 amide bonds. The maximum Gasteiger partial charge on any atom is 0.243 e. The molecule has 114 valence electrons. The van der Waals surface area contributed by atoms with Gasteiger partial charge in [0, 0.05) is 6.04 Å². The molecular weight excluding hydrogens is 281 g/mol. The number of nitrogens with one attached hydrogen (secondary N) is 1. The Kier molecular flexibility index (Phi) is 6.10. The van der Waals surface area contributed by atoms with Gasteiger partial charge in [-0.25, -0.2) is 17.5 Å². The van der Waals surface area contributed by atoms with Crippen LogP contribution in [0.2, 0.25) is 0 Å². The summed E-state index contributed by atoms with van der Waals surface area (Å²) < 4.78 is 40.5. The molecule has 0 saturated heterocycles. The molecule has 0 fully saturated rings. The molecule has 1 aromatic carbocycles. The number of hydrogen-bond donors (Lipinski definition) is 2. The zero-order chi connectivity index (χ0) is 15.3. The van der Waals surface area contributed by atoms with E-state index in [4.69, 9.17) is 5.11 Å². The zero-order valence-electron chi connectivity index (χ0n) is 12.1. The van der Waals surface area contributed by atoms with Gasteiger partial charge in [0.05, 0.1) is 6.61 Å². The topological polar surface area (TPSA) is 66.4 Å². The molecule has 0 radical (unpaired) electrons. The molecule has 0 aliphatic heterocycles. The van der Waals surface area contributed by atoms with Crippen LogP contribution in [0.5, 0.6) is 0 Å². The highest BCUT2D eigenvalue weighted by Gasteiger charge is 2.22. The van der Waals surface area contributed by atoms with Crippen LogP contribution in [0.1, 0.15) is 39.2 Å². The largest absolute Gasteiger partial charge is 0.392 e. The Morgan fingerprint density at radius 2 is 2.00 bits per heavy atom. The third-order valence-electron chi connectivity index (χ3n) is 3.28. The molecule has 0 aromatic heterocycles. The first-order valence-electron chi connectivity index (χ1n) is 6.71. The van der Waals surface area contributed by atoms with Gasteiger partial charge in [0.15, 0.2) is 0 Å². The second-order valence-electron chi connectivity index (χ2n) is 5.19. The number of hydrogen-bond acceptors (Lipinski definition) is 3. The Morgan fingerprint density at radius 1 is 1.35 bits per heavy atom. The van der Waals surface area contributed by atoms with E-state index in [2.05, 4.69) is 4.72 Å². The van der Waals surface area contributed by atoms with Crippen molar-refractivity contribution in [3.8, 4) is 0 Å². The van der Waals surface area contributed by atoms with E-state index in [0.29, 0.717) is 17.9 Å². The molecule has 4 nitrogen and oxygen atoms in total. The third kappa shape index (κ3) is 4.54. The lowest BCUT2D eigenvalue weighted by atomic mass is 10.0. The van der Waals surface area contributed by atoms with Crippen LogP contribution in [-0.4, -0.2) is 19.6 Å². The highest BCUT2D eigenvalue weighted by atomic mass is 32.2. The Bertz CT molecular complexity index is 545. The zero-order valence-corrected chi connectivity index (χ0v) is 12.9. The second kappa shape index (κ2) is 7.15. The van der Waals surface area contributed by atoms with Crippen molar-refractivity contribution in [3.05, 3.63) is 29.6 Å². The molecule has 2 atom stereocenters. The summed E-state index contributed by atoms with van der Waals surface area (Å²) in [5.41, 5.74) is 0.362. The number of halogens is 1. The lowest BCUT2D eigenvalue weighted by Crippen LogP contribution is -2.34. The van der Waals surface area contributed by atoms with Gasteiger partial charge in [-0.3, -0.25) is 0 Å². The maximum atomic E-state index is 13.7. The van der Waals surface area contributed by atoms with E-state index in [-0.39, 0.29) is 12.6 Å². The molecule has 0 heterocycles. The second-order valence-corrected chi connectivity index (χ2v) is 6.88. The Balaban J connectivity index is 2.93. The molecule has 0 aliphatic rings. The fourth-order valence-corrected chi connectivity index (χ4v) is 3.38. The fourth-order valence-electron chi connectivity index (χ4n) is 2.00. The molecule has 0 saturated carbocycles. The predicted molar refractivity (Wildman–Crippen MR) is 76.2 cm³/mol. The number of sulfonamides is 1. The van der Waals surface area contributed by atoms with Crippen LogP contribution in [-0.2, 0) is 16.6 Å². The minimum Gasteiger partial charge on any atom is -0.392 e. The van der Waals surface area contributed by atoms with E-state index < -0.39 is 20.7 Å². The molecule has 0 spiro atoms. The summed E-state index contributed by atoms with van der Waals surface area (Å²) >= 11 is 0. The average molecular weight is 303 g/mol. The SMILES string of the molecule is CCC(C)CC(C)NS(=O)(=O)c1cc(CO)ccc1F. The van der Waals surface area contributed by atoms with Gasteiger partial charge < -0.3 is 5.11 Å². The van der Waals surface area contributed by atoms with Crippen LogP contribution in [0.15, 0.2) is 23.1 Å². The summed E-state index contributed by atoms with van der Waals surface area (Å²) in [4.78, 5) is -0.417. The summed E-state index contributed by atoms with van der Waals surface area (Å²) in [5.74, 6) is -0.424. The number of aliphatic hydroxyl groups excluding tert-OH is 1. The van der Waals surface area contributed by atoms with E-state index in [1.165, 1.54) is 6.07 Å². The molecule has 20 heavy (non-hydrogen) atoms. The summed E-state index contributed by atoms with van der Waals surface area (Å²) in [5, 5.41) is 9.01. The number of benzene rings is 1. The summed E-state index contributed by atoms with van der Waals surface area (Å²) in [6.45, 7) is 5.51. The van der Waals surface area contributed by atoms with Crippen molar-refractivity contribution in [2.75, 3.05) is 0 Å². The van der Waals surface area contributed by atoms with Gasteiger partial charge >= 0.3 is 0 Å². The molecule has 0 bridgehead atoms. The van der Waals surface area contributed by atoms with Crippen molar-refractivity contribution in [2.24, 2.45) is 5.92 Å². The minimum atomic E-state index is -3.91. The fraction of sp³-hybridized carbons (Fsp3) is 0.571. The average Bonchev–Trinajstić information content (AvgIpc) is 2.38. The normalized spacial score (nSPS) is 15.1. The van der Waals surface area contributed by atoms with Crippen LogP contribution < -0.4 is 4.72 Å². The van der Waals surface area contributed by atoms with Crippen molar-refractivity contribution in [1.29, 1.82) is 0 Å². The smallest absolute Gasteiger partial charge is 0.243 e. The standard InChI is InChI=1S/C14H22FNO3S/c1-4-10(2)7-11(3)16-20(18,19)14-8-12(9-17)5-6-13(14)15/h5-6,8,10-11,16-17H,4,7,9H2,1-3H3. The van der Waals surface area contributed by atoms with Gasteiger partial charge in [-0.1, -0.05) is 26.3 Å². The van der Waals surface area contributed by atoms with Crippen LogP contribution in [0.4, 0.5) is 4.39 Å². The molecular formula is C14H22FNO3S. The Hall–Kier alpha value is -0.980. The monoisotopic (exact) mass is 303 g/mol. The number of rotatable bonds is 7. The summed E-state index contributed by atoms with van der Waals surface area (Å²) in [7, 11) is -3.91. The number of aliphatic hydroxyl groups is 1. The van der Waals surface area contributed by atoms with Crippen LogP contribution in [0.3, 0.4) is 0 Å². The van der Waals surface area contributed by atoms with Gasteiger partial charge in [0.25, 0.3) is 0 Å². The van der Waals surface area contributed by atoms with Gasteiger partial charge in [-0.15, -0.1) is 0 Å². The van der Waals surface area contributed by atoms with Gasteiger partial charge in [-0.05, 0) is 37.0 Å². The van der Waals surface area contributed by atoms with Crippen molar-refractivity contribution in [2.45, 2.75) is 51.2 Å². The summed E-state index contributed by atoms with van der Waals surface area (Å²) in [6.07, 6.45) is 1.65. The van der Waals surface area contributed by atoms with Crippen LogP contribution >= 0.6 is 0 Å². The van der Waals surface area contributed by atoms with E-state index in [9.17, 15) is 12.8 Å². The Morgan fingerprint density at radius 3 is 2.55 bits per heavy atom. The van der Waals surface area contributed by atoms with E-state index >= 15 is 0 Å². The van der Waals surface area contributed by atoms with E-state index in [0.717, 1.165) is 18.6 Å². The van der Waals surface area contributed by atoms with Crippen LogP contribution in [0.25, 0.3) is 0 Å². The molecule has 0 aliphatic carbocycles. The highest BCUT2D eigenvalue weighted by molar-refractivity contribution is 7.89. The van der Waals surface area contributed by atoms with Crippen molar-refractivity contribution in [3.63, 3.8) is 0 Å². The molecule has 1 aromatic rings. The van der Waals surface area contributed by atoms with Gasteiger partial charge in [-0.2, -0.15) is 0 Å². The van der Waals surface area contributed by atoms with Gasteiger partial charge in [0.1, 0.15) is 10.7 Å².